The number of pyridine rings is 1. The van der Waals surface area contributed by atoms with E-state index in [1.54, 1.807) is 6.33 Å². The summed E-state index contributed by atoms with van der Waals surface area (Å²) in [4.78, 5) is 16.5. The van der Waals surface area contributed by atoms with Gasteiger partial charge >= 0.3 is 0 Å². The molecule has 0 atom stereocenters. The lowest BCUT2D eigenvalue weighted by atomic mass is 10.1. The summed E-state index contributed by atoms with van der Waals surface area (Å²) in [5.74, 6) is 1.24. The molecule has 7 nitrogen and oxygen atoms in total. The van der Waals surface area contributed by atoms with E-state index in [0.717, 1.165) is 39.1 Å². The number of aryl methyl sites for hydroxylation is 2. The van der Waals surface area contributed by atoms with Crippen molar-refractivity contribution in [3.8, 4) is 5.69 Å². The van der Waals surface area contributed by atoms with Crippen LogP contribution in [0.25, 0.3) is 27.6 Å². The molecule has 7 heteroatoms. The predicted octanol–water partition coefficient (Wildman–Crippen LogP) is 2.11. The van der Waals surface area contributed by atoms with Gasteiger partial charge in [0.2, 0.25) is 0 Å². The van der Waals surface area contributed by atoms with Gasteiger partial charge in [-0.3, -0.25) is 0 Å². The second-order valence-corrected chi connectivity index (χ2v) is 5.84. The Morgan fingerprint density at radius 3 is 2.92 bits per heavy atom. The minimum Gasteiger partial charge on any atom is -0.396 e. The standard InChI is InChI=1S/C17H18N6O/c1-10-8-19-9-23(10)11-4-5-12-13(7-11)20-17(18)16-15(12)21-14(22-16)3-2-6-24/h4-5,7-9,24H,2-3,6H2,1H3,(H2,18,20)(H,21,22). The summed E-state index contributed by atoms with van der Waals surface area (Å²) in [5, 5.41) is 9.94. The van der Waals surface area contributed by atoms with Crippen LogP contribution < -0.4 is 5.73 Å². The first-order valence-corrected chi connectivity index (χ1v) is 7.85. The third-order valence-electron chi connectivity index (χ3n) is 4.16. The first-order valence-electron chi connectivity index (χ1n) is 7.85. The number of aliphatic hydroxyl groups excluding tert-OH is 1. The van der Waals surface area contributed by atoms with Crippen LogP contribution >= 0.6 is 0 Å². The van der Waals surface area contributed by atoms with E-state index >= 15 is 0 Å². The summed E-state index contributed by atoms with van der Waals surface area (Å²) in [6.07, 6.45) is 4.93. The highest BCUT2D eigenvalue weighted by atomic mass is 16.2. The monoisotopic (exact) mass is 322 g/mol. The molecule has 4 rings (SSSR count). The van der Waals surface area contributed by atoms with Crippen LogP contribution in [-0.2, 0) is 6.42 Å². The molecule has 0 radical (unpaired) electrons. The summed E-state index contributed by atoms with van der Waals surface area (Å²) in [6, 6.07) is 6.02. The summed E-state index contributed by atoms with van der Waals surface area (Å²) in [7, 11) is 0. The summed E-state index contributed by atoms with van der Waals surface area (Å²) in [5.41, 5.74) is 10.5. The zero-order valence-electron chi connectivity index (χ0n) is 13.3. The Bertz CT molecular complexity index is 1030. The summed E-state index contributed by atoms with van der Waals surface area (Å²) in [6.45, 7) is 2.14. The van der Waals surface area contributed by atoms with E-state index in [1.807, 2.05) is 35.9 Å². The number of anilines is 1. The molecule has 0 amide bonds. The number of hydrogen-bond acceptors (Lipinski definition) is 5. The fourth-order valence-electron chi connectivity index (χ4n) is 2.95. The van der Waals surface area contributed by atoms with Crippen molar-refractivity contribution >= 4 is 27.8 Å². The van der Waals surface area contributed by atoms with Gasteiger partial charge in [-0.15, -0.1) is 0 Å². The Kier molecular flexibility index (Phi) is 3.42. The van der Waals surface area contributed by atoms with Crippen molar-refractivity contribution in [2.75, 3.05) is 12.3 Å². The van der Waals surface area contributed by atoms with Crippen LogP contribution in [0.5, 0.6) is 0 Å². The Morgan fingerprint density at radius 1 is 1.29 bits per heavy atom. The van der Waals surface area contributed by atoms with Gasteiger partial charge in [-0.25, -0.2) is 15.0 Å². The van der Waals surface area contributed by atoms with Crippen molar-refractivity contribution < 1.29 is 5.11 Å². The molecule has 24 heavy (non-hydrogen) atoms. The third kappa shape index (κ3) is 2.30. The highest BCUT2D eigenvalue weighted by Crippen LogP contribution is 2.28. The lowest BCUT2D eigenvalue weighted by Crippen LogP contribution is -1.97. The van der Waals surface area contributed by atoms with Gasteiger partial charge in [0.1, 0.15) is 22.7 Å². The van der Waals surface area contributed by atoms with E-state index < -0.39 is 0 Å². The van der Waals surface area contributed by atoms with Crippen LogP contribution in [0.15, 0.2) is 30.7 Å². The number of nitrogens with one attached hydrogen (secondary N) is 1. The SMILES string of the molecule is Cc1cncn1-c1ccc2c(c1)nc(N)c1[nH]c(CCCO)nc12. The van der Waals surface area contributed by atoms with E-state index in [-0.39, 0.29) is 6.61 Å². The summed E-state index contributed by atoms with van der Waals surface area (Å²) >= 11 is 0. The number of aromatic nitrogens is 5. The molecule has 3 aromatic heterocycles. The molecular formula is C17H18N6O. The number of fused-ring (bicyclic) bond motifs is 3. The van der Waals surface area contributed by atoms with Crippen molar-refractivity contribution in [3.63, 3.8) is 0 Å². The highest BCUT2D eigenvalue weighted by Gasteiger charge is 2.12. The van der Waals surface area contributed by atoms with Crippen LogP contribution in [-0.4, -0.2) is 36.2 Å². The Hall–Kier alpha value is -2.93. The van der Waals surface area contributed by atoms with E-state index in [0.29, 0.717) is 18.7 Å². The minimum atomic E-state index is 0.138. The minimum absolute atomic E-state index is 0.138. The zero-order valence-corrected chi connectivity index (χ0v) is 13.3. The predicted molar refractivity (Wildman–Crippen MR) is 93.1 cm³/mol. The van der Waals surface area contributed by atoms with Gasteiger partial charge in [0, 0.05) is 36.0 Å². The second kappa shape index (κ2) is 5.61. The van der Waals surface area contributed by atoms with E-state index in [9.17, 15) is 0 Å². The smallest absolute Gasteiger partial charge is 0.150 e. The molecule has 0 aliphatic rings. The van der Waals surface area contributed by atoms with Gasteiger partial charge in [0.15, 0.2) is 0 Å². The van der Waals surface area contributed by atoms with Gasteiger partial charge in [-0.05, 0) is 31.5 Å². The number of nitrogen functional groups attached to an aromatic ring is 1. The largest absolute Gasteiger partial charge is 0.396 e. The number of nitrogens with zero attached hydrogens (tertiary/aromatic N) is 4. The average Bonchev–Trinajstić information content (AvgIpc) is 3.19. The number of aliphatic hydroxyl groups is 1. The van der Waals surface area contributed by atoms with Crippen molar-refractivity contribution in [3.05, 3.63) is 42.2 Å². The highest BCUT2D eigenvalue weighted by molar-refractivity contribution is 6.06. The molecule has 0 aliphatic heterocycles. The first-order chi connectivity index (χ1) is 11.7. The maximum atomic E-state index is 8.99. The summed E-state index contributed by atoms with van der Waals surface area (Å²) < 4.78 is 2.00. The molecule has 3 heterocycles. The molecule has 0 bridgehead atoms. The number of hydrogen-bond donors (Lipinski definition) is 3. The number of rotatable bonds is 4. The maximum Gasteiger partial charge on any atom is 0.150 e. The number of H-pyrrole nitrogens is 1. The molecule has 122 valence electrons. The van der Waals surface area contributed by atoms with Crippen LogP contribution in [0.3, 0.4) is 0 Å². The maximum absolute atomic E-state index is 8.99. The molecule has 4 aromatic rings. The van der Waals surface area contributed by atoms with Crippen molar-refractivity contribution in [1.82, 2.24) is 24.5 Å². The van der Waals surface area contributed by atoms with E-state index in [1.165, 1.54) is 0 Å². The number of benzene rings is 1. The van der Waals surface area contributed by atoms with Gasteiger partial charge in [0.25, 0.3) is 0 Å². The van der Waals surface area contributed by atoms with Crippen LogP contribution in [0.4, 0.5) is 5.82 Å². The lowest BCUT2D eigenvalue weighted by Gasteiger charge is -2.07. The Balaban J connectivity index is 1.89. The quantitative estimate of drug-likeness (QED) is 0.533. The molecule has 0 unspecified atom stereocenters. The van der Waals surface area contributed by atoms with Gasteiger partial charge in [0.05, 0.1) is 11.8 Å². The average molecular weight is 322 g/mol. The molecule has 4 N–H and O–H groups in total. The molecule has 0 saturated heterocycles. The van der Waals surface area contributed by atoms with Gasteiger partial charge in [-0.1, -0.05) is 0 Å². The molecule has 0 fully saturated rings. The number of aromatic amines is 1. The first kappa shape index (κ1) is 14.6. The fraction of sp³-hybridized carbons (Fsp3) is 0.235. The molecule has 0 aliphatic carbocycles. The van der Waals surface area contributed by atoms with Crippen molar-refractivity contribution in [1.29, 1.82) is 0 Å². The van der Waals surface area contributed by atoms with Crippen molar-refractivity contribution in [2.45, 2.75) is 19.8 Å². The van der Waals surface area contributed by atoms with Crippen LogP contribution in [0.2, 0.25) is 0 Å². The Morgan fingerprint density at radius 2 is 2.17 bits per heavy atom. The second-order valence-electron chi connectivity index (χ2n) is 5.84. The zero-order chi connectivity index (χ0) is 16.7. The number of nitrogens with two attached hydrogens (primary N) is 1. The Labute approximate surface area is 138 Å². The third-order valence-corrected chi connectivity index (χ3v) is 4.16. The van der Waals surface area contributed by atoms with Crippen LogP contribution in [0, 0.1) is 6.92 Å². The van der Waals surface area contributed by atoms with Gasteiger partial charge in [-0.2, -0.15) is 0 Å². The topological polar surface area (TPSA) is 106 Å². The fourth-order valence-corrected chi connectivity index (χ4v) is 2.95. The van der Waals surface area contributed by atoms with E-state index in [4.69, 9.17) is 10.8 Å². The number of imidazole rings is 2. The van der Waals surface area contributed by atoms with Crippen LogP contribution in [0.1, 0.15) is 17.9 Å². The molecule has 0 saturated carbocycles. The van der Waals surface area contributed by atoms with E-state index in [2.05, 4.69) is 19.9 Å². The molecular weight excluding hydrogens is 304 g/mol. The normalized spacial score (nSPS) is 11.6. The molecule has 0 spiro atoms. The van der Waals surface area contributed by atoms with Crippen molar-refractivity contribution in [2.24, 2.45) is 0 Å². The molecule has 1 aromatic carbocycles. The lowest BCUT2D eigenvalue weighted by molar-refractivity contribution is 0.287. The van der Waals surface area contributed by atoms with Gasteiger partial charge < -0.3 is 20.4 Å².